The lowest BCUT2D eigenvalue weighted by atomic mass is 10.0. The van der Waals surface area contributed by atoms with Crippen LogP contribution in [-0.4, -0.2) is 37.1 Å². The topological polar surface area (TPSA) is 15.3 Å². The summed E-state index contributed by atoms with van der Waals surface area (Å²) in [5.74, 6) is 1.95. The van der Waals surface area contributed by atoms with Gasteiger partial charge < -0.3 is 5.32 Å². The Morgan fingerprint density at radius 2 is 2.14 bits per heavy atom. The predicted molar refractivity (Wildman–Crippen MR) is 60.4 cm³/mol. The van der Waals surface area contributed by atoms with Gasteiger partial charge in [0.25, 0.3) is 0 Å². The highest BCUT2D eigenvalue weighted by Gasteiger charge is 2.40. The van der Waals surface area contributed by atoms with Crippen molar-refractivity contribution < 1.29 is 0 Å². The van der Waals surface area contributed by atoms with Crippen LogP contribution in [0.3, 0.4) is 0 Å². The molecule has 0 amide bonds. The summed E-state index contributed by atoms with van der Waals surface area (Å²) in [6.07, 6.45) is 4.18. The van der Waals surface area contributed by atoms with E-state index in [9.17, 15) is 0 Å². The van der Waals surface area contributed by atoms with E-state index >= 15 is 0 Å². The fourth-order valence-corrected chi connectivity index (χ4v) is 2.84. The lowest BCUT2D eigenvalue weighted by Gasteiger charge is -2.36. The maximum absolute atomic E-state index is 3.50. The van der Waals surface area contributed by atoms with Crippen molar-refractivity contribution in [2.24, 2.45) is 11.8 Å². The molecule has 0 spiro atoms. The van der Waals surface area contributed by atoms with Gasteiger partial charge in [0.2, 0.25) is 0 Å². The SMILES string of the molecule is CC1CC1C(C)N(C)C1CCCNC1. The molecule has 1 heterocycles. The molecule has 14 heavy (non-hydrogen) atoms. The van der Waals surface area contributed by atoms with Crippen LogP contribution in [-0.2, 0) is 0 Å². The molecule has 0 aromatic carbocycles. The van der Waals surface area contributed by atoms with Crippen molar-refractivity contribution in [1.82, 2.24) is 10.2 Å². The molecule has 4 unspecified atom stereocenters. The monoisotopic (exact) mass is 196 g/mol. The van der Waals surface area contributed by atoms with Gasteiger partial charge in [-0.3, -0.25) is 4.90 Å². The molecule has 1 saturated heterocycles. The van der Waals surface area contributed by atoms with E-state index in [4.69, 9.17) is 0 Å². The molecular formula is C12H24N2. The van der Waals surface area contributed by atoms with E-state index in [0.717, 1.165) is 23.9 Å². The number of hydrogen-bond acceptors (Lipinski definition) is 2. The first-order valence-electron chi connectivity index (χ1n) is 6.13. The molecule has 0 aromatic heterocycles. The summed E-state index contributed by atoms with van der Waals surface area (Å²) in [5.41, 5.74) is 0. The van der Waals surface area contributed by atoms with E-state index < -0.39 is 0 Å². The van der Waals surface area contributed by atoms with Gasteiger partial charge in [0.15, 0.2) is 0 Å². The van der Waals surface area contributed by atoms with Crippen molar-refractivity contribution in [2.45, 2.75) is 45.2 Å². The Labute approximate surface area is 88.1 Å². The number of nitrogens with zero attached hydrogens (tertiary/aromatic N) is 1. The van der Waals surface area contributed by atoms with Gasteiger partial charge in [-0.25, -0.2) is 0 Å². The minimum Gasteiger partial charge on any atom is -0.315 e. The second-order valence-corrected chi connectivity index (χ2v) is 5.28. The third kappa shape index (κ3) is 2.12. The second kappa shape index (κ2) is 4.19. The molecule has 0 bridgehead atoms. The van der Waals surface area contributed by atoms with Crippen molar-refractivity contribution >= 4 is 0 Å². The molecular weight excluding hydrogens is 172 g/mol. The van der Waals surface area contributed by atoms with Gasteiger partial charge in [0.1, 0.15) is 0 Å². The molecule has 1 aliphatic carbocycles. The lowest BCUT2D eigenvalue weighted by molar-refractivity contribution is 0.139. The second-order valence-electron chi connectivity index (χ2n) is 5.28. The summed E-state index contributed by atoms with van der Waals surface area (Å²) in [6, 6.07) is 1.57. The minimum atomic E-state index is 0.784. The Kier molecular flexibility index (Phi) is 3.13. The van der Waals surface area contributed by atoms with E-state index in [1.54, 1.807) is 0 Å². The van der Waals surface area contributed by atoms with Crippen molar-refractivity contribution in [1.29, 1.82) is 0 Å². The summed E-state index contributed by atoms with van der Waals surface area (Å²) < 4.78 is 0. The first-order chi connectivity index (χ1) is 6.70. The van der Waals surface area contributed by atoms with Crippen LogP contribution in [0.2, 0.25) is 0 Å². The van der Waals surface area contributed by atoms with E-state index in [0.29, 0.717) is 0 Å². The van der Waals surface area contributed by atoms with E-state index in [-0.39, 0.29) is 0 Å². The first-order valence-corrected chi connectivity index (χ1v) is 6.13. The standard InChI is InChI=1S/C12H24N2/c1-9-7-12(9)10(2)14(3)11-5-4-6-13-8-11/h9-13H,4-8H2,1-3H3. The van der Waals surface area contributed by atoms with E-state index in [2.05, 4.69) is 31.1 Å². The summed E-state index contributed by atoms with van der Waals surface area (Å²) in [5, 5.41) is 3.50. The lowest BCUT2D eigenvalue weighted by Crippen LogP contribution is -2.48. The van der Waals surface area contributed by atoms with Crippen molar-refractivity contribution in [3.05, 3.63) is 0 Å². The third-order valence-electron chi connectivity index (χ3n) is 4.28. The molecule has 2 aliphatic rings. The normalized spacial score (nSPS) is 39.9. The Bertz CT molecular complexity index is 185. The van der Waals surface area contributed by atoms with Gasteiger partial charge >= 0.3 is 0 Å². The Morgan fingerprint density at radius 3 is 2.64 bits per heavy atom. The van der Waals surface area contributed by atoms with Crippen LogP contribution in [0, 0.1) is 11.8 Å². The fourth-order valence-electron chi connectivity index (χ4n) is 2.84. The van der Waals surface area contributed by atoms with Crippen LogP contribution in [0.4, 0.5) is 0 Å². The van der Waals surface area contributed by atoms with Crippen molar-refractivity contribution in [3.63, 3.8) is 0 Å². The predicted octanol–water partition coefficient (Wildman–Crippen LogP) is 1.71. The number of likely N-dealkylation sites (N-methyl/N-ethyl adjacent to an activating group) is 1. The van der Waals surface area contributed by atoms with Gasteiger partial charge in [-0.15, -0.1) is 0 Å². The molecule has 0 aromatic rings. The smallest absolute Gasteiger partial charge is 0.0221 e. The highest BCUT2D eigenvalue weighted by molar-refractivity contribution is 4.93. The molecule has 0 radical (unpaired) electrons. The maximum Gasteiger partial charge on any atom is 0.0221 e. The van der Waals surface area contributed by atoms with Crippen molar-refractivity contribution in [3.8, 4) is 0 Å². The summed E-state index contributed by atoms with van der Waals surface area (Å²) in [6.45, 7) is 7.21. The average molecular weight is 196 g/mol. The Morgan fingerprint density at radius 1 is 1.43 bits per heavy atom. The van der Waals surface area contributed by atoms with Gasteiger partial charge in [-0.1, -0.05) is 6.92 Å². The highest BCUT2D eigenvalue weighted by Crippen LogP contribution is 2.42. The number of piperidine rings is 1. The zero-order valence-electron chi connectivity index (χ0n) is 9.79. The van der Waals surface area contributed by atoms with E-state index in [1.807, 2.05) is 0 Å². The maximum atomic E-state index is 3.50. The van der Waals surface area contributed by atoms with Gasteiger partial charge in [-0.2, -0.15) is 0 Å². The summed E-state index contributed by atoms with van der Waals surface area (Å²) in [4.78, 5) is 2.61. The Hall–Kier alpha value is -0.0800. The van der Waals surface area contributed by atoms with Gasteiger partial charge in [-0.05, 0) is 51.6 Å². The zero-order valence-corrected chi connectivity index (χ0v) is 9.79. The molecule has 4 atom stereocenters. The first kappa shape index (κ1) is 10.4. The quantitative estimate of drug-likeness (QED) is 0.739. The fraction of sp³-hybridized carbons (Fsp3) is 1.00. The van der Waals surface area contributed by atoms with Gasteiger partial charge in [0.05, 0.1) is 0 Å². The zero-order chi connectivity index (χ0) is 10.1. The van der Waals surface area contributed by atoms with E-state index in [1.165, 1.54) is 32.4 Å². The van der Waals surface area contributed by atoms with Crippen LogP contribution in [0.5, 0.6) is 0 Å². The molecule has 1 saturated carbocycles. The van der Waals surface area contributed by atoms with Crippen LogP contribution < -0.4 is 5.32 Å². The molecule has 2 rings (SSSR count). The number of rotatable bonds is 3. The summed E-state index contributed by atoms with van der Waals surface area (Å²) in [7, 11) is 2.31. The van der Waals surface area contributed by atoms with Crippen LogP contribution >= 0.6 is 0 Å². The minimum absolute atomic E-state index is 0.784. The molecule has 2 nitrogen and oxygen atoms in total. The van der Waals surface area contributed by atoms with Crippen LogP contribution in [0.1, 0.15) is 33.1 Å². The average Bonchev–Trinajstić information content (AvgIpc) is 2.95. The summed E-state index contributed by atoms with van der Waals surface area (Å²) >= 11 is 0. The van der Waals surface area contributed by atoms with Crippen molar-refractivity contribution in [2.75, 3.05) is 20.1 Å². The highest BCUT2D eigenvalue weighted by atomic mass is 15.2. The number of hydrogen-bond donors (Lipinski definition) is 1. The molecule has 82 valence electrons. The molecule has 1 aliphatic heterocycles. The van der Waals surface area contributed by atoms with Crippen LogP contribution in [0.15, 0.2) is 0 Å². The number of nitrogens with one attached hydrogen (secondary N) is 1. The third-order valence-corrected chi connectivity index (χ3v) is 4.28. The largest absolute Gasteiger partial charge is 0.315 e. The van der Waals surface area contributed by atoms with Crippen LogP contribution in [0.25, 0.3) is 0 Å². The molecule has 1 N–H and O–H groups in total. The molecule has 2 fully saturated rings. The van der Waals surface area contributed by atoms with Gasteiger partial charge in [0, 0.05) is 18.6 Å². The molecule has 2 heteroatoms. The Balaban J connectivity index is 1.83.